The molecule has 0 N–H and O–H groups in total. The summed E-state index contributed by atoms with van der Waals surface area (Å²) in [5.41, 5.74) is 11.5. The Morgan fingerprint density at radius 2 is 0.980 bits per heavy atom. The molecule has 0 bridgehead atoms. The van der Waals surface area contributed by atoms with E-state index in [0.29, 0.717) is 0 Å². The quantitative estimate of drug-likeness (QED) is 0.191. The highest BCUT2D eigenvalue weighted by Crippen LogP contribution is 2.56. The molecule has 0 aliphatic carbocycles. The van der Waals surface area contributed by atoms with Gasteiger partial charge in [0.05, 0.1) is 22.7 Å². The predicted octanol–water partition coefficient (Wildman–Crippen LogP) is 13.3. The van der Waals surface area contributed by atoms with Crippen molar-refractivity contribution in [1.82, 2.24) is 0 Å². The zero-order valence-electron chi connectivity index (χ0n) is 28.0. The van der Waals surface area contributed by atoms with Crippen molar-refractivity contribution in [2.75, 3.05) is 9.80 Å². The average Bonchev–Trinajstić information content (AvgIpc) is 3.17. The van der Waals surface area contributed by atoms with Gasteiger partial charge in [0, 0.05) is 22.2 Å². The minimum Gasteiger partial charge on any atom is -0.452 e. The van der Waals surface area contributed by atoms with E-state index in [-0.39, 0.29) is 5.41 Å². The van der Waals surface area contributed by atoms with Crippen molar-refractivity contribution in [2.24, 2.45) is 0 Å². The summed E-state index contributed by atoms with van der Waals surface area (Å²) in [6.45, 7) is 4.74. The molecule has 0 saturated carbocycles. The van der Waals surface area contributed by atoms with Crippen molar-refractivity contribution in [3.05, 3.63) is 181 Å². The molecule has 238 valence electrons. The molecule has 2 aliphatic heterocycles. The second-order valence-corrected chi connectivity index (χ2v) is 13.8. The van der Waals surface area contributed by atoms with Crippen LogP contribution in [0.4, 0.5) is 34.1 Å². The Kier molecular flexibility index (Phi) is 6.22. The Morgan fingerprint density at radius 3 is 1.68 bits per heavy atom. The minimum atomic E-state index is -0.213. The number of ether oxygens (including phenoxy) is 1. The van der Waals surface area contributed by atoms with Gasteiger partial charge in [-0.05, 0) is 93.0 Å². The fourth-order valence-electron chi connectivity index (χ4n) is 8.22. The van der Waals surface area contributed by atoms with Crippen molar-refractivity contribution in [1.29, 1.82) is 0 Å². The molecule has 0 saturated heterocycles. The van der Waals surface area contributed by atoms with Crippen LogP contribution in [0.1, 0.15) is 25.0 Å². The molecule has 0 radical (unpaired) electrons. The van der Waals surface area contributed by atoms with Crippen LogP contribution in [0.5, 0.6) is 11.5 Å². The van der Waals surface area contributed by atoms with E-state index in [1.165, 1.54) is 33.3 Å². The number of hydrogen-bond acceptors (Lipinski definition) is 3. The van der Waals surface area contributed by atoms with Gasteiger partial charge in [-0.25, -0.2) is 0 Å². The van der Waals surface area contributed by atoms with Crippen LogP contribution in [-0.2, 0) is 5.41 Å². The first kappa shape index (κ1) is 28.7. The molecule has 2 aliphatic rings. The van der Waals surface area contributed by atoms with E-state index >= 15 is 0 Å². The first-order chi connectivity index (χ1) is 24.6. The number of fused-ring (bicyclic) bond motifs is 8. The van der Waals surface area contributed by atoms with Gasteiger partial charge in [-0.2, -0.15) is 0 Å². The van der Waals surface area contributed by atoms with Crippen molar-refractivity contribution in [3.8, 4) is 22.6 Å². The Labute approximate surface area is 292 Å². The summed E-state index contributed by atoms with van der Waals surface area (Å²) in [7, 11) is 0. The minimum absolute atomic E-state index is 0.213. The van der Waals surface area contributed by atoms with Crippen LogP contribution >= 0.6 is 0 Å². The van der Waals surface area contributed by atoms with Gasteiger partial charge >= 0.3 is 0 Å². The van der Waals surface area contributed by atoms with Crippen LogP contribution in [-0.4, -0.2) is 0 Å². The normalized spacial score (nSPS) is 14.0. The maximum absolute atomic E-state index is 6.75. The highest BCUT2D eigenvalue weighted by molar-refractivity contribution is 6.01. The van der Waals surface area contributed by atoms with Crippen LogP contribution in [0.15, 0.2) is 170 Å². The second kappa shape index (κ2) is 10.8. The van der Waals surface area contributed by atoms with Gasteiger partial charge in [-0.3, -0.25) is 0 Å². The molecule has 0 atom stereocenters. The lowest BCUT2D eigenvalue weighted by Gasteiger charge is -2.43. The fraction of sp³-hybridized carbons (Fsp3) is 0.0638. The zero-order chi connectivity index (χ0) is 33.4. The van der Waals surface area contributed by atoms with Crippen LogP contribution in [0.3, 0.4) is 0 Å². The van der Waals surface area contributed by atoms with E-state index in [2.05, 4.69) is 194 Å². The molecule has 3 nitrogen and oxygen atoms in total. The molecule has 0 unspecified atom stereocenters. The molecule has 0 spiro atoms. The molecular formula is C47H34N2O. The number of anilines is 6. The summed E-state index contributed by atoms with van der Waals surface area (Å²) in [6, 6.07) is 61.1. The number of rotatable bonds is 3. The molecule has 8 aromatic carbocycles. The van der Waals surface area contributed by atoms with Gasteiger partial charge in [0.15, 0.2) is 11.5 Å². The van der Waals surface area contributed by atoms with E-state index in [1.54, 1.807) is 0 Å². The molecule has 2 heterocycles. The first-order valence-electron chi connectivity index (χ1n) is 17.3. The van der Waals surface area contributed by atoms with Gasteiger partial charge in [0.2, 0.25) is 0 Å². The van der Waals surface area contributed by atoms with Gasteiger partial charge in [-0.1, -0.05) is 129 Å². The summed E-state index contributed by atoms with van der Waals surface area (Å²) >= 11 is 0. The smallest absolute Gasteiger partial charge is 0.159 e. The molecule has 0 amide bonds. The summed E-state index contributed by atoms with van der Waals surface area (Å²) in [5, 5.41) is 4.83. The predicted molar refractivity (Wildman–Crippen MR) is 208 cm³/mol. The lowest BCUT2D eigenvalue weighted by Crippen LogP contribution is -2.31. The third-order valence-electron chi connectivity index (χ3n) is 10.6. The van der Waals surface area contributed by atoms with Crippen molar-refractivity contribution >= 4 is 55.7 Å². The number of nitrogens with zero attached hydrogens (tertiary/aromatic N) is 2. The molecule has 0 aromatic heterocycles. The third kappa shape index (κ3) is 4.23. The van der Waals surface area contributed by atoms with Gasteiger partial charge in [-0.15, -0.1) is 0 Å². The maximum Gasteiger partial charge on any atom is 0.159 e. The molecular weight excluding hydrogens is 609 g/mol. The van der Waals surface area contributed by atoms with Crippen LogP contribution in [0.25, 0.3) is 32.7 Å². The Hall–Kier alpha value is -6.32. The summed E-state index contributed by atoms with van der Waals surface area (Å²) in [4.78, 5) is 4.79. The van der Waals surface area contributed by atoms with E-state index in [9.17, 15) is 0 Å². The monoisotopic (exact) mass is 642 g/mol. The van der Waals surface area contributed by atoms with Crippen LogP contribution < -0.4 is 14.5 Å². The van der Waals surface area contributed by atoms with E-state index in [0.717, 1.165) is 56.1 Å². The maximum atomic E-state index is 6.75. The van der Waals surface area contributed by atoms with Gasteiger partial charge in [0.25, 0.3) is 0 Å². The van der Waals surface area contributed by atoms with E-state index in [4.69, 9.17) is 4.74 Å². The fourth-order valence-corrected chi connectivity index (χ4v) is 8.22. The van der Waals surface area contributed by atoms with Crippen LogP contribution in [0.2, 0.25) is 0 Å². The molecule has 0 fully saturated rings. The Morgan fingerprint density at radius 1 is 0.440 bits per heavy atom. The van der Waals surface area contributed by atoms with Gasteiger partial charge in [0.1, 0.15) is 0 Å². The van der Waals surface area contributed by atoms with Crippen molar-refractivity contribution < 1.29 is 4.74 Å². The first-order valence-corrected chi connectivity index (χ1v) is 17.3. The zero-order valence-corrected chi connectivity index (χ0v) is 28.0. The van der Waals surface area contributed by atoms with Crippen LogP contribution in [0, 0.1) is 0 Å². The Bertz CT molecular complexity index is 2610. The van der Waals surface area contributed by atoms with Gasteiger partial charge < -0.3 is 14.5 Å². The standard InChI is InChI=1S/C47H34N2O/c1-47(2)39-25-21-33(29-42(39)48(35-15-5-3-6-16-35)40-26-22-31-13-9-11-19-37(31)45(40)47)34-24-28-44-43(30-34)49(36-17-7-4-8-18-36)41-27-23-32-14-10-12-20-38(32)46(41)50-44/h3-30H,1-2H3. The SMILES string of the molecule is CC1(C)c2ccc(-c3ccc4c(c3)N(c3ccccc3)c3ccc5ccccc5c3O4)cc2N(c2ccccc2)c2ccc3ccccc3c21. The number of hydrogen-bond donors (Lipinski definition) is 0. The number of benzene rings is 8. The molecule has 50 heavy (non-hydrogen) atoms. The van der Waals surface area contributed by atoms with E-state index in [1.807, 2.05) is 0 Å². The molecule has 8 aromatic rings. The molecule has 10 rings (SSSR count). The van der Waals surface area contributed by atoms with Crippen molar-refractivity contribution in [2.45, 2.75) is 19.3 Å². The highest BCUT2D eigenvalue weighted by Gasteiger charge is 2.38. The Balaban J connectivity index is 1.16. The third-order valence-corrected chi connectivity index (χ3v) is 10.6. The highest BCUT2D eigenvalue weighted by atomic mass is 16.5. The summed E-state index contributed by atoms with van der Waals surface area (Å²) < 4.78 is 6.75. The average molecular weight is 643 g/mol. The summed E-state index contributed by atoms with van der Waals surface area (Å²) in [6.07, 6.45) is 0. The summed E-state index contributed by atoms with van der Waals surface area (Å²) in [5.74, 6) is 1.72. The van der Waals surface area contributed by atoms with Crippen molar-refractivity contribution in [3.63, 3.8) is 0 Å². The number of para-hydroxylation sites is 2. The largest absolute Gasteiger partial charge is 0.452 e. The lowest BCUT2D eigenvalue weighted by molar-refractivity contribution is 0.482. The van der Waals surface area contributed by atoms with E-state index < -0.39 is 0 Å². The lowest BCUT2D eigenvalue weighted by atomic mass is 9.71. The molecule has 3 heteroatoms. The topological polar surface area (TPSA) is 15.7 Å². The second-order valence-electron chi connectivity index (χ2n) is 13.8.